The molecule has 0 aliphatic carbocycles. The van der Waals surface area contributed by atoms with E-state index in [0.717, 1.165) is 75.9 Å². The molecule has 0 atom stereocenters. The van der Waals surface area contributed by atoms with Crippen molar-refractivity contribution in [3.8, 4) is 0 Å². The van der Waals surface area contributed by atoms with Gasteiger partial charge >= 0.3 is 6.03 Å². The maximum Gasteiger partial charge on any atom is 0.328 e. The van der Waals surface area contributed by atoms with Gasteiger partial charge in [0, 0.05) is 45.0 Å². The van der Waals surface area contributed by atoms with Crippen LogP contribution in [-0.4, -0.2) is 66.3 Å². The number of carbonyl (C=O) groups excluding carboxylic acids is 1. The highest BCUT2D eigenvalue weighted by Gasteiger charge is 2.37. The fourth-order valence-corrected chi connectivity index (χ4v) is 4.44. The number of nitrogens with zero attached hydrogens (tertiary/aromatic N) is 6. The highest BCUT2D eigenvalue weighted by Crippen LogP contribution is 2.39. The van der Waals surface area contributed by atoms with Crippen LogP contribution in [0.5, 0.6) is 0 Å². The summed E-state index contributed by atoms with van der Waals surface area (Å²) in [5.41, 5.74) is 1.04. The third kappa shape index (κ3) is 3.57. The van der Waals surface area contributed by atoms with Gasteiger partial charge in [-0.15, -0.1) is 0 Å². The van der Waals surface area contributed by atoms with Crippen molar-refractivity contribution in [3.63, 3.8) is 0 Å². The fourth-order valence-electron chi connectivity index (χ4n) is 4.44. The minimum absolute atomic E-state index is 0.142. The first-order valence-corrected chi connectivity index (χ1v) is 10.4. The fraction of sp³-hybridized carbons (Fsp3) is 0.500. The number of aromatic nitrogens is 3. The molecule has 0 spiro atoms. The second kappa shape index (κ2) is 7.82. The van der Waals surface area contributed by atoms with Gasteiger partial charge in [-0.2, -0.15) is 0 Å². The summed E-state index contributed by atoms with van der Waals surface area (Å²) >= 11 is 0. The molecule has 9 heteroatoms. The number of rotatable bonds is 2. The number of fused-ring (bicyclic) bond motifs is 2. The number of urea groups is 1. The Bertz CT molecular complexity index is 860. The van der Waals surface area contributed by atoms with Crippen LogP contribution in [0, 0.1) is 0 Å². The van der Waals surface area contributed by atoms with Gasteiger partial charge in [0.25, 0.3) is 0 Å². The van der Waals surface area contributed by atoms with Gasteiger partial charge in [-0.1, -0.05) is 0 Å². The summed E-state index contributed by atoms with van der Waals surface area (Å²) in [4.78, 5) is 32.9. The van der Waals surface area contributed by atoms with Gasteiger partial charge in [0.05, 0.1) is 5.69 Å². The highest BCUT2D eigenvalue weighted by molar-refractivity contribution is 6.03. The zero-order valence-corrected chi connectivity index (χ0v) is 16.4. The van der Waals surface area contributed by atoms with Crippen molar-refractivity contribution in [2.75, 3.05) is 59.3 Å². The quantitative estimate of drug-likeness (QED) is 0.801. The van der Waals surface area contributed by atoms with Gasteiger partial charge in [0.1, 0.15) is 18.0 Å². The third-order valence-corrected chi connectivity index (χ3v) is 5.94. The van der Waals surface area contributed by atoms with Crippen molar-refractivity contribution < 1.29 is 4.79 Å². The van der Waals surface area contributed by atoms with E-state index in [1.807, 2.05) is 4.90 Å². The van der Waals surface area contributed by atoms with Crippen LogP contribution in [0.25, 0.3) is 0 Å². The van der Waals surface area contributed by atoms with E-state index in [1.165, 1.54) is 6.33 Å². The maximum absolute atomic E-state index is 13.3. The molecule has 2 aromatic heterocycles. The summed E-state index contributed by atoms with van der Waals surface area (Å²) in [6.07, 6.45) is 6.03. The molecule has 2 bridgehead atoms. The Morgan fingerprint density at radius 2 is 1.97 bits per heavy atom. The molecule has 0 radical (unpaired) electrons. The standard InChI is InChI=1S/C20H26N8O/c29-20(24-17-4-8-22-14-23-17)28-15-5-11-26(12-6-15)16-2-3-18(25-19(16)28)27-10-1-7-21-9-13-27/h2-4,8,14-15,21H,1,5-7,9-13H2,(H,22,23,24,29). The molecule has 0 aromatic carbocycles. The van der Waals surface area contributed by atoms with Crippen LogP contribution in [0.4, 0.5) is 27.9 Å². The number of amides is 2. The van der Waals surface area contributed by atoms with Crippen LogP contribution >= 0.6 is 0 Å². The van der Waals surface area contributed by atoms with Crippen LogP contribution in [0.2, 0.25) is 0 Å². The van der Waals surface area contributed by atoms with Crippen molar-refractivity contribution in [2.45, 2.75) is 25.3 Å². The SMILES string of the molecule is O=C(Nc1ccncn1)N1c2nc(N3CCCNCC3)ccc2N2CCC1CC2. The largest absolute Gasteiger partial charge is 0.368 e. The molecule has 152 valence electrons. The minimum atomic E-state index is -0.180. The summed E-state index contributed by atoms with van der Waals surface area (Å²) in [7, 11) is 0. The normalized spacial score (nSPS) is 19.5. The van der Waals surface area contributed by atoms with Crippen molar-refractivity contribution in [1.82, 2.24) is 20.3 Å². The van der Waals surface area contributed by atoms with Crippen molar-refractivity contribution in [3.05, 3.63) is 30.7 Å². The lowest BCUT2D eigenvalue weighted by Crippen LogP contribution is -2.46. The lowest BCUT2D eigenvalue weighted by molar-refractivity contribution is 0.253. The topological polar surface area (TPSA) is 89.5 Å². The van der Waals surface area contributed by atoms with E-state index in [0.29, 0.717) is 5.82 Å². The Morgan fingerprint density at radius 3 is 2.79 bits per heavy atom. The number of hydrogen-bond acceptors (Lipinski definition) is 7. The van der Waals surface area contributed by atoms with E-state index in [2.05, 4.69) is 42.5 Å². The first-order chi connectivity index (χ1) is 14.3. The van der Waals surface area contributed by atoms with Crippen molar-refractivity contribution >= 4 is 29.2 Å². The number of piperidine rings is 1. The molecule has 6 rings (SSSR count). The number of carbonyl (C=O) groups is 1. The van der Waals surface area contributed by atoms with Gasteiger partial charge in [-0.05, 0) is 44.0 Å². The number of anilines is 4. The van der Waals surface area contributed by atoms with Gasteiger partial charge in [-0.25, -0.2) is 19.7 Å². The van der Waals surface area contributed by atoms with Crippen molar-refractivity contribution in [1.29, 1.82) is 0 Å². The molecular weight excluding hydrogens is 368 g/mol. The summed E-state index contributed by atoms with van der Waals surface area (Å²) < 4.78 is 0. The zero-order chi connectivity index (χ0) is 19.6. The smallest absolute Gasteiger partial charge is 0.328 e. The summed E-state index contributed by atoms with van der Waals surface area (Å²) in [5, 5.41) is 6.36. The number of pyridine rings is 1. The Labute approximate surface area is 170 Å². The van der Waals surface area contributed by atoms with E-state index in [9.17, 15) is 4.79 Å². The van der Waals surface area contributed by atoms with Gasteiger partial charge in [0.2, 0.25) is 0 Å². The summed E-state index contributed by atoms with van der Waals surface area (Å²) in [6, 6.07) is 5.90. The molecule has 2 amide bonds. The molecule has 9 nitrogen and oxygen atoms in total. The van der Waals surface area contributed by atoms with E-state index in [4.69, 9.17) is 4.98 Å². The molecule has 2 fully saturated rings. The molecule has 2 saturated heterocycles. The second-order valence-corrected chi connectivity index (χ2v) is 7.72. The molecule has 4 aliphatic heterocycles. The Balaban J connectivity index is 1.50. The Kier molecular flexibility index (Phi) is 4.89. The average molecular weight is 394 g/mol. The van der Waals surface area contributed by atoms with E-state index in [1.54, 1.807) is 12.3 Å². The van der Waals surface area contributed by atoms with Crippen molar-refractivity contribution in [2.24, 2.45) is 0 Å². The highest BCUT2D eigenvalue weighted by atomic mass is 16.2. The molecule has 2 N–H and O–H groups in total. The van der Waals surface area contributed by atoms with E-state index in [-0.39, 0.29) is 12.1 Å². The lowest BCUT2D eigenvalue weighted by Gasteiger charge is -2.31. The monoisotopic (exact) mass is 394 g/mol. The first-order valence-electron chi connectivity index (χ1n) is 10.4. The van der Waals surface area contributed by atoms with E-state index >= 15 is 0 Å². The molecule has 6 heterocycles. The zero-order valence-electron chi connectivity index (χ0n) is 16.4. The van der Waals surface area contributed by atoms with E-state index < -0.39 is 0 Å². The summed E-state index contributed by atoms with van der Waals surface area (Å²) in [6.45, 7) is 5.77. The maximum atomic E-state index is 13.3. The van der Waals surface area contributed by atoms with Crippen LogP contribution in [0.1, 0.15) is 19.3 Å². The van der Waals surface area contributed by atoms with Gasteiger partial charge in [0.15, 0.2) is 5.82 Å². The van der Waals surface area contributed by atoms with Gasteiger partial charge in [-0.3, -0.25) is 10.2 Å². The average Bonchev–Trinajstić information content (AvgIpc) is 3.18. The predicted molar refractivity (Wildman–Crippen MR) is 113 cm³/mol. The van der Waals surface area contributed by atoms with Crippen LogP contribution < -0.4 is 25.3 Å². The Morgan fingerprint density at radius 1 is 1.07 bits per heavy atom. The molecule has 29 heavy (non-hydrogen) atoms. The van der Waals surface area contributed by atoms with Gasteiger partial charge < -0.3 is 15.1 Å². The van der Waals surface area contributed by atoms with Crippen LogP contribution in [0.15, 0.2) is 30.7 Å². The second-order valence-electron chi connectivity index (χ2n) is 7.72. The summed E-state index contributed by atoms with van der Waals surface area (Å²) in [5.74, 6) is 2.20. The number of nitrogens with one attached hydrogen (secondary N) is 2. The molecule has 0 saturated carbocycles. The molecule has 4 aliphatic rings. The third-order valence-electron chi connectivity index (χ3n) is 5.94. The van der Waals surface area contributed by atoms with Crippen LogP contribution in [-0.2, 0) is 0 Å². The molecule has 0 unspecified atom stereocenters. The minimum Gasteiger partial charge on any atom is -0.368 e. The predicted octanol–water partition coefficient (Wildman–Crippen LogP) is 1.69. The Hall–Kier alpha value is -2.94. The molecular formula is C20H26N8O. The number of hydrogen-bond donors (Lipinski definition) is 2. The molecule has 2 aromatic rings. The first kappa shape index (κ1) is 18.1. The lowest BCUT2D eigenvalue weighted by atomic mass is 10.1. The van der Waals surface area contributed by atoms with Crippen LogP contribution in [0.3, 0.4) is 0 Å².